The molecule has 0 radical (unpaired) electrons. The van der Waals surface area contributed by atoms with Gasteiger partial charge in [0.05, 0.1) is 0 Å². The summed E-state index contributed by atoms with van der Waals surface area (Å²) in [5, 5.41) is 2.93. The van der Waals surface area contributed by atoms with E-state index in [1.54, 1.807) is 0 Å². The van der Waals surface area contributed by atoms with Gasteiger partial charge in [0.1, 0.15) is 23.0 Å². The van der Waals surface area contributed by atoms with Gasteiger partial charge in [-0.2, -0.15) is 0 Å². The van der Waals surface area contributed by atoms with E-state index in [2.05, 4.69) is 5.32 Å². The van der Waals surface area contributed by atoms with Crippen molar-refractivity contribution in [2.45, 2.75) is 71.6 Å². The molecule has 1 fully saturated rings. The Balaban J connectivity index is 1.57. The molecule has 2 amide bonds. The first-order valence-corrected chi connectivity index (χ1v) is 11.8. The summed E-state index contributed by atoms with van der Waals surface area (Å²) in [5.41, 5.74) is 1.97. The molecular weight excluding hydrogens is 428 g/mol. The Hall–Kier alpha value is -3.28. The number of benzene rings is 2. The maximum Gasteiger partial charge on any atom is 0.410 e. The van der Waals surface area contributed by atoms with Crippen molar-refractivity contribution in [1.82, 2.24) is 4.90 Å². The second kappa shape index (κ2) is 10.3. The minimum Gasteiger partial charge on any atom is -0.488 e. The molecule has 6 heteroatoms. The summed E-state index contributed by atoms with van der Waals surface area (Å²) in [6.07, 6.45) is 5.03. The molecule has 0 unspecified atom stereocenters. The third-order valence-electron chi connectivity index (χ3n) is 5.13. The van der Waals surface area contributed by atoms with Gasteiger partial charge in [0, 0.05) is 12.2 Å². The lowest BCUT2D eigenvalue weighted by Gasteiger charge is -2.28. The molecule has 3 rings (SSSR count). The van der Waals surface area contributed by atoms with Gasteiger partial charge >= 0.3 is 6.09 Å². The maximum absolute atomic E-state index is 12.8. The van der Waals surface area contributed by atoms with Crippen LogP contribution in [0.25, 0.3) is 12.2 Å². The summed E-state index contributed by atoms with van der Waals surface area (Å²) in [6, 6.07) is 15.1. The molecule has 6 nitrogen and oxygen atoms in total. The van der Waals surface area contributed by atoms with E-state index in [4.69, 9.17) is 9.47 Å². The zero-order chi connectivity index (χ0) is 24.9. The summed E-state index contributed by atoms with van der Waals surface area (Å²) in [6.45, 7) is 12.1. The number of carbonyl (C=O) groups excluding carboxylic acids is 2. The summed E-state index contributed by atoms with van der Waals surface area (Å²) in [5.74, 6) is 0.654. The van der Waals surface area contributed by atoms with Gasteiger partial charge in [-0.05, 0) is 89.8 Å². The number of carbonyl (C=O) groups is 2. The molecule has 34 heavy (non-hydrogen) atoms. The van der Waals surface area contributed by atoms with Crippen LogP contribution in [0.3, 0.4) is 0 Å². The molecule has 0 bridgehead atoms. The second-order valence-electron chi connectivity index (χ2n) is 10.6. The molecule has 182 valence electrons. The number of rotatable bonds is 5. The van der Waals surface area contributed by atoms with Crippen LogP contribution in [0.4, 0.5) is 10.5 Å². The quantitative estimate of drug-likeness (QED) is 0.522. The van der Waals surface area contributed by atoms with Crippen LogP contribution in [0.1, 0.15) is 65.5 Å². The lowest BCUT2D eigenvalue weighted by Crippen LogP contribution is -2.45. The van der Waals surface area contributed by atoms with Gasteiger partial charge in [-0.3, -0.25) is 9.69 Å². The number of ether oxygens (including phenoxy) is 2. The van der Waals surface area contributed by atoms with E-state index in [1.807, 2.05) is 102 Å². The van der Waals surface area contributed by atoms with Gasteiger partial charge < -0.3 is 14.8 Å². The molecular formula is C28H36N2O4. The third kappa shape index (κ3) is 7.65. The van der Waals surface area contributed by atoms with Crippen LogP contribution < -0.4 is 10.1 Å². The number of nitrogens with one attached hydrogen (secondary N) is 1. The molecule has 1 aliphatic rings. The van der Waals surface area contributed by atoms with Crippen molar-refractivity contribution < 1.29 is 19.1 Å². The zero-order valence-electron chi connectivity index (χ0n) is 21.1. The molecule has 2 aromatic rings. The fourth-order valence-corrected chi connectivity index (χ4v) is 3.67. The minimum atomic E-state index is -0.591. The van der Waals surface area contributed by atoms with E-state index in [0.29, 0.717) is 18.7 Å². The summed E-state index contributed by atoms with van der Waals surface area (Å²) >= 11 is 0. The highest BCUT2D eigenvalue weighted by atomic mass is 16.6. The topological polar surface area (TPSA) is 67.9 Å². The average Bonchev–Trinajstić information content (AvgIpc) is 3.22. The highest BCUT2D eigenvalue weighted by molar-refractivity contribution is 5.97. The molecule has 0 spiro atoms. The van der Waals surface area contributed by atoms with E-state index < -0.39 is 17.7 Å². The van der Waals surface area contributed by atoms with Crippen molar-refractivity contribution in [3.8, 4) is 5.75 Å². The Labute approximate surface area is 202 Å². The standard InChI is InChI=1S/C28H36N2O4/c1-27(2,3)33-23-17-13-21(14-18-23)10-9-20-11-15-22(16-12-20)29-25(31)24-8-7-19-30(24)26(32)34-28(4,5)6/h9-18,24H,7-8,19H2,1-6H3,(H,29,31)/b10-9+/t24-/m1/s1. The van der Waals surface area contributed by atoms with Gasteiger partial charge in [-0.1, -0.05) is 36.4 Å². The first-order valence-electron chi connectivity index (χ1n) is 11.8. The molecule has 0 saturated carbocycles. The number of likely N-dealkylation sites (tertiary alicyclic amines) is 1. The molecule has 0 aromatic heterocycles. The Morgan fingerprint density at radius 1 is 0.882 bits per heavy atom. The van der Waals surface area contributed by atoms with Crippen molar-refractivity contribution in [3.63, 3.8) is 0 Å². The molecule has 1 N–H and O–H groups in total. The van der Waals surface area contributed by atoms with Crippen LogP contribution >= 0.6 is 0 Å². The number of hydrogen-bond acceptors (Lipinski definition) is 4. The highest BCUT2D eigenvalue weighted by Gasteiger charge is 2.36. The van der Waals surface area contributed by atoms with E-state index in [9.17, 15) is 9.59 Å². The van der Waals surface area contributed by atoms with Crippen LogP contribution in [0.5, 0.6) is 5.75 Å². The fraction of sp³-hybridized carbons (Fsp3) is 0.429. The Bertz CT molecular complexity index is 1010. The molecule has 1 aliphatic heterocycles. The molecule has 1 atom stereocenters. The number of amides is 2. The fourth-order valence-electron chi connectivity index (χ4n) is 3.67. The average molecular weight is 465 g/mol. The second-order valence-corrected chi connectivity index (χ2v) is 10.6. The zero-order valence-corrected chi connectivity index (χ0v) is 21.1. The lowest BCUT2D eigenvalue weighted by molar-refractivity contribution is -0.120. The SMILES string of the molecule is CC(C)(C)OC(=O)N1CCC[C@@H]1C(=O)Nc1ccc(/C=C/c2ccc(OC(C)(C)C)cc2)cc1. The van der Waals surface area contributed by atoms with Crippen LogP contribution in [0.15, 0.2) is 48.5 Å². The van der Waals surface area contributed by atoms with E-state index in [1.165, 1.54) is 4.90 Å². The molecule has 1 saturated heterocycles. The van der Waals surface area contributed by atoms with Gasteiger partial charge in [0.2, 0.25) is 5.91 Å². The monoisotopic (exact) mass is 464 g/mol. The van der Waals surface area contributed by atoms with Gasteiger partial charge in [0.25, 0.3) is 0 Å². The van der Waals surface area contributed by atoms with Crippen molar-refractivity contribution in [2.24, 2.45) is 0 Å². The lowest BCUT2D eigenvalue weighted by atomic mass is 10.1. The maximum atomic E-state index is 12.8. The molecule has 2 aromatic carbocycles. The minimum absolute atomic E-state index is 0.191. The Kier molecular flexibility index (Phi) is 7.70. The predicted octanol–water partition coefficient (Wildman–Crippen LogP) is 6.37. The normalized spacial score (nSPS) is 16.5. The van der Waals surface area contributed by atoms with Crippen molar-refractivity contribution >= 4 is 29.8 Å². The van der Waals surface area contributed by atoms with Crippen molar-refractivity contribution in [3.05, 3.63) is 59.7 Å². The largest absolute Gasteiger partial charge is 0.488 e. The molecule has 1 heterocycles. The number of hydrogen-bond donors (Lipinski definition) is 1. The van der Waals surface area contributed by atoms with E-state index in [0.717, 1.165) is 23.3 Å². The first kappa shape index (κ1) is 25.3. The van der Waals surface area contributed by atoms with Crippen LogP contribution in [0.2, 0.25) is 0 Å². The van der Waals surface area contributed by atoms with Crippen LogP contribution in [-0.4, -0.2) is 40.7 Å². The van der Waals surface area contributed by atoms with Gasteiger partial charge in [0.15, 0.2) is 0 Å². The van der Waals surface area contributed by atoms with Gasteiger partial charge in [-0.15, -0.1) is 0 Å². The van der Waals surface area contributed by atoms with E-state index in [-0.39, 0.29) is 11.5 Å². The summed E-state index contributed by atoms with van der Waals surface area (Å²) in [4.78, 5) is 26.8. The number of anilines is 1. The predicted molar refractivity (Wildman–Crippen MR) is 137 cm³/mol. The van der Waals surface area contributed by atoms with Crippen molar-refractivity contribution in [1.29, 1.82) is 0 Å². The number of nitrogens with zero attached hydrogens (tertiary/aromatic N) is 1. The summed E-state index contributed by atoms with van der Waals surface area (Å²) in [7, 11) is 0. The first-order chi connectivity index (χ1) is 15.9. The smallest absolute Gasteiger partial charge is 0.410 e. The Morgan fingerprint density at radius 3 is 1.97 bits per heavy atom. The summed E-state index contributed by atoms with van der Waals surface area (Å²) < 4.78 is 11.3. The Morgan fingerprint density at radius 2 is 1.44 bits per heavy atom. The highest BCUT2D eigenvalue weighted by Crippen LogP contribution is 2.23. The van der Waals surface area contributed by atoms with E-state index >= 15 is 0 Å². The van der Waals surface area contributed by atoms with Gasteiger partial charge in [-0.25, -0.2) is 4.79 Å². The third-order valence-corrected chi connectivity index (χ3v) is 5.13. The van der Waals surface area contributed by atoms with Crippen LogP contribution in [0, 0.1) is 0 Å². The van der Waals surface area contributed by atoms with Crippen LogP contribution in [-0.2, 0) is 9.53 Å². The van der Waals surface area contributed by atoms with Crippen molar-refractivity contribution in [2.75, 3.05) is 11.9 Å². The molecule has 0 aliphatic carbocycles.